The molecule has 2 N–H and O–H groups in total. The summed E-state index contributed by atoms with van der Waals surface area (Å²) < 4.78 is 40.5. The first kappa shape index (κ1) is 22.4. The van der Waals surface area contributed by atoms with Gasteiger partial charge in [-0.15, -0.1) is 0 Å². The van der Waals surface area contributed by atoms with E-state index in [0.717, 1.165) is 37.5 Å². The number of guanidine groups is 1. The second-order valence-electron chi connectivity index (χ2n) is 7.42. The molecule has 1 aromatic carbocycles. The topological polar surface area (TPSA) is 57.5 Å². The maximum Gasteiger partial charge on any atom is 0.435 e. The molecule has 30 heavy (non-hydrogen) atoms. The minimum atomic E-state index is -4.48. The Morgan fingerprint density at radius 2 is 1.90 bits per heavy atom. The number of aryl methyl sites for hydroxylation is 1. The molecule has 164 valence electrons. The van der Waals surface area contributed by atoms with Crippen LogP contribution in [0.1, 0.15) is 29.7 Å². The molecule has 1 fully saturated rings. The van der Waals surface area contributed by atoms with E-state index in [4.69, 9.17) is 11.6 Å². The lowest BCUT2D eigenvalue weighted by atomic mass is 10.0. The zero-order chi connectivity index (χ0) is 21.7. The van der Waals surface area contributed by atoms with Crippen molar-refractivity contribution in [3.63, 3.8) is 0 Å². The smallest absolute Gasteiger partial charge is 0.354 e. The van der Waals surface area contributed by atoms with E-state index in [2.05, 4.69) is 25.6 Å². The Morgan fingerprint density at radius 3 is 2.50 bits per heavy atom. The molecular formula is C20H26ClF3N6. The minimum Gasteiger partial charge on any atom is -0.354 e. The van der Waals surface area contributed by atoms with Gasteiger partial charge in [0.1, 0.15) is 0 Å². The van der Waals surface area contributed by atoms with Crippen LogP contribution in [0.25, 0.3) is 0 Å². The first-order valence-electron chi connectivity index (χ1n) is 9.78. The summed E-state index contributed by atoms with van der Waals surface area (Å²) in [6.07, 6.45) is -1.26. The summed E-state index contributed by atoms with van der Waals surface area (Å²) in [4.78, 5) is 6.53. The fourth-order valence-electron chi connectivity index (χ4n) is 3.56. The Balaban J connectivity index is 1.47. The molecule has 1 aliphatic heterocycles. The van der Waals surface area contributed by atoms with Gasteiger partial charge in [0.15, 0.2) is 11.7 Å². The number of aromatic nitrogens is 2. The van der Waals surface area contributed by atoms with E-state index in [1.165, 1.54) is 23.5 Å². The van der Waals surface area contributed by atoms with Crippen LogP contribution >= 0.6 is 11.6 Å². The molecule has 0 saturated carbocycles. The molecule has 0 aliphatic carbocycles. The fraction of sp³-hybridized carbons (Fsp3) is 0.500. The molecule has 0 spiro atoms. The quantitative estimate of drug-likeness (QED) is 0.550. The van der Waals surface area contributed by atoms with Crippen molar-refractivity contribution in [1.29, 1.82) is 0 Å². The molecule has 10 heteroatoms. The maximum absolute atomic E-state index is 13.1. The van der Waals surface area contributed by atoms with Gasteiger partial charge in [-0.3, -0.25) is 14.6 Å². The first-order chi connectivity index (χ1) is 14.2. The van der Waals surface area contributed by atoms with E-state index in [0.29, 0.717) is 5.96 Å². The summed E-state index contributed by atoms with van der Waals surface area (Å²) in [5.74, 6) is 0.489. The van der Waals surface area contributed by atoms with Gasteiger partial charge in [-0.05, 0) is 30.5 Å². The number of nitrogens with one attached hydrogen (secondary N) is 2. The summed E-state index contributed by atoms with van der Waals surface area (Å²) in [6.45, 7) is 2.73. The molecule has 6 nitrogen and oxygen atoms in total. The van der Waals surface area contributed by atoms with Gasteiger partial charge in [0, 0.05) is 63.1 Å². The van der Waals surface area contributed by atoms with Crippen LogP contribution < -0.4 is 10.6 Å². The molecular weight excluding hydrogens is 417 g/mol. The normalized spacial score (nSPS) is 16.7. The molecule has 0 unspecified atom stereocenters. The van der Waals surface area contributed by atoms with Crippen LogP contribution in [0.15, 0.2) is 35.5 Å². The second-order valence-corrected chi connectivity index (χ2v) is 7.86. The van der Waals surface area contributed by atoms with E-state index in [9.17, 15) is 13.2 Å². The van der Waals surface area contributed by atoms with Gasteiger partial charge < -0.3 is 10.6 Å². The van der Waals surface area contributed by atoms with Crippen LogP contribution in [0.5, 0.6) is 0 Å². The van der Waals surface area contributed by atoms with Crippen LogP contribution in [0, 0.1) is 0 Å². The highest BCUT2D eigenvalue weighted by atomic mass is 35.5. The Morgan fingerprint density at radius 1 is 1.23 bits per heavy atom. The Hall–Kier alpha value is -2.26. The SMILES string of the molecule is CN=C(NCc1cn(C)nc1C(F)(F)F)NC1CCN(Cc2ccc(Cl)cc2)CC1. The van der Waals surface area contributed by atoms with Gasteiger partial charge >= 0.3 is 6.18 Å². The minimum absolute atomic E-state index is 0.00221. The molecule has 1 saturated heterocycles. The number of rotatable bonds is 5. The standard InChI is InChI=1S/C20H26ClF3N6/c1-25-19(26-11-15-13-29(2)28-18(15)20(22,23)24)27-17-7-9-30(10-8-17)12-14-3-5-16(21)6-4-14/h3-6,13,17H,7-12H2,1-2H3,(H2,25,26,27). The molecule has 0 atom stereocenters. The first-order valence-corrected chi connectivity index (χ1v) is 10.2. The van der Waals surface area contributed by atoms with E-state index in [1.807, 2.05) is 24.3 Å². The van der Waals surface area contributed by atoms with Crippen molar-refractivity contribution in [2.45, 2.75) is 38.1 Å². The van der Waals surface area contributed by atoms with Crippen molar-refractivity contribution in [1.82, 2.24) is 25.3 Å². The second kappa shape index (κ2) is 9.70. The third-order valence-corrected chi connectivity index (χ3v) is 5.34. The highest BCUT2D eigenvalue weighted by Gasteiger charge is 2.36. The lowest BCUT2D eigenvalue weighted by molar-refractivity contribution is -0.142. The van der Waals surface area contributed by atoms with Crippen molar-refractivity contribution in [3.05, 3.63) is 52.3 Å². The third-order valence-electron chi connectivity index (χ3n) is 5.09. The fourth-order valence-corrected chi connectivity index (χ4v) is 3.68. The molecule has 0 radical (unpaired) electrons. The van der Waals surface area contributed by atoms with Crippen LogP contribution in [0.4, 0.5) is 13.2 Å². The van der Waals surface area contributed by atoms with Gasteiger partial charge in [0.05, 0.1) is 0 Å². The van der Waals surface area contributed by atoms with Gasteiger partial charge in [0.2, 0.25) is 0 Å². The van der Waals surface area contributed by atoms with Gasteiger partial charge in [-0.25, -0.2) is 0 Å². The lowest BCUT2D eigenvalue weighted by Gasteiger charge is -2.33. The molecule has 1 aromatic heterocycles. The summed E-state index contributed by atoms with van der Waals surface area (Å²) in [5, 5.41) is 10.6. The van der Waals surface area contributed by atoms with Crippen LogP contribution in [-0.4, -0.2) is 46.8 Å². The summed E-state index contributed by atoms with van der Waals surface area (Å²) in [5.41, 5.74) is 0.439. The number of likely N-dealkylation sites (tertiary alicyclic amines) is 1. The average molecular weight is 443 g/mol. The summed E-state index contributed by atoms with van der Waals surface area (Å²) in [6, 6.07) is 8.08. The molecule has 0 bridgehead atoms. The number of piperidine rings is 1. The number of hydrogen-bond acceptors (Lipinski definition) is 3. The average Bonchev–Trinajstić information content (AvgIpc) is 3.09. The molecule has 1 aliphatic rings. The highest BCUT2D eigenvalue weighted by molar-refractivity contribution is 6.30. The zero-order valence-electron chi connectivity index (χ0n) is 17.0. The predicted molar refractivity (Wildman–Crippen MR) is 111 cm³/mol. The van der Waals surface area contributed by atoms with Crippen molar-refractivity contribution in [2.24, 2.45) is 12.0 Å². The van der Waals surface area contributed by atoms with Crippen LogP contribution in [0.3, 0.4) is 0 Å². The molecule has 3 rings (SSSR count). The largest absolute Gasteiger partial charge is 0.435 e. The van der Waals surface area contributed by atoms with Crippen LogP contribution in [0.2, 0.25) is 5.02 Å². The van der Waals surface area contributed by atoms with Gasteiger partial charge in [-0.2, -0.15) is 18.3 Å². The van der Waals surface area contributed by atoms with Gasteiger partial charge in [-0.1, -0.05) is 23.7 Å². The number of halogens is 4. The predicted octanol–water partition coefficient (Wildman–Crippen LogP) is 3.42. The zero-order valence-corrected chi connectivity index (χ0v) is 17.8. The summed E-state index contributed by atoms with van der Waals surface area (Å²) in [7, 11) is 3.09. The van der Waals surface area contributed by atoms with Gasteiger partial charge in [0.25, 0.3) is 0 Å². The number of alkyl halides is 3. The number of hydrogen-bond donors (Lipinski definition) is 2. The molecule has 2 aromatic rings. The Kier molecular flexibility index (Phi) is 7.25. The summed E-state index contributed by atoms with van der Waals surface area (Å²) >= 11 is 5.93. The number of benzene rings is 1. The van der Waals surface area contributed by atoms with E-state index >= 15 is 0 Å². The van der Waals surface area contributed by atoms with E-state index < -0.39 is 11.9 Å². The van der Waals surface area contributed by atoms with Crippen LogP contribution in [-0.2, 0) is 26.3 Å². The number of nitrogens with zero attached hydrogens (tertiary/aromatic N) is 4. The van der Waals surface area contributed by atoms with Crippen molar-refractivity contribution in [2.75, 3.05) is 20.1 Å². The van der Waals surface area contributed by atoms with E-state index in [-0.39, 0.29) is 18.2 Å². The van der Waals surface area contributed by atoms with Crippen molar-refractivity contribution < 1.29 is 13.2 Å². The Labute approximate surface area is 179 Å². The molecule has 0 amide bonds. The monoisotopic (exact) mass is 442 g/mol. The van der Waals surface area contributed by atoms with Crippen molar-refractivity contribution >= 4 is 17.6 Å². The third kappa shape index (κ3) is 6.12. The number of aliphatic imine (C=N–C) groups is 1. The maximum atomic E-state index is 13.1. The highest BCUT2D eigenvalue weighted by Crippen LogP contribution is 2.30. The Bertz CT molecular complexity index is 854. The lowest BCUT2D eigenvalue weighted by Crippen LogP contribution is -2.48. The van der Waals surface area contributed by atoms with E-state index in [1.54, 1.807) is 7.05 Å². The molecule has 2 heterocycles. The van der Waals surface area contributed by atoms with Crippen molar-refractivity contribution in [3.8, 4) is 0 Å².